The van der Waals surface area contributed by atoms with Crippen LogP contribution in [-0.2, 0) is 10.1 Å². The van der Waals surface area contributed by atoms with Crippen LogP contribution in [0, 0.1) is 0 Å². The Morgan fingerprint density at radius 2 is 1.23 bits per heavy atom. The van der Waals surface area contributed by atoms with Crippen molar-refractivity contribution in [3.05, 3.63) is 54.6 Å². The summed E-state index contributed by atoms with van der Waals surface area (Å²) in [6, 6.07) is 18.9. The molecule has 0 saturated carbocycles. The van der Waals surface area contributed by atoms with Crippen LogP contribution in [0.25, 0.3) is 21.8 Å². The van der Waals surface area contributed by atoms with Crippen molar-refractivity contribution < 1.29 is 31.1 Å². The Hall–Kier alpha value is -2.19. The van der Waals surface area contributed by atoms with Gasteiger partial charge in [0.1, 0.15) is 0 Å². The Morgan fingerprint density at radius 3 is 1.59 bits per heavy atom. The van der Waals surface area contributed by atoms with E-state index >= 15 is 0 Å². The molecule has 0 unspecified atom stereocenters. The van der Waals surface area contributed by atoms with E-state index in [4.69, 9.17) is 13.0 Å². The van der Waals surface area contributed by atoms with E-state index in [0.29, 0.717) is 0 Å². The molecule has 2 aromatic carbocycles. The number of H-pyrrole nitrogens is 1. The highest BCUT2D eigenvalue weighted by Crippen LogP contribution is 2.20. The second-order valence-electron chi connectivity index (χ2n) is 4.34. The number of fused-ring (bicyclic) bond motifs is 2. The molecule has 1 aromatic heterocycles. The summed E-state index contributed by atoms with van der Waals surface area (Å²) in [5, 5.41) is 2.51. The quantitative estimate of drug-likeness (QED) is 0.362. The van der Waals surface area contributed by atoms with Gasteiger partial charge in [0.2, 0.25) is 11.0 Å². The Balaban J connectivity index is 0.000000192. The maximum Gasteiger partial charge on any atom is 0.485 e. The molecule has 3 rings (SSSR count). The Labute approximate surface area is 124 Å². The summed E-state index contributed by atoms with van der Waals surface area (Å²) in [5.41, 5.74) is -3.27. The molecule has 8 heteroatoms. The number of aromatic amines is 1. The summed E-state index contributed by atoms with van der Waals surface area (Å²) >= 11 is 0. The molecule has 0 aliphatic carbocycles. The largest absolute Gasteiger partial charge is 0.741 e. The van der Waals surface area contributed by atoms with Gasteiger partial charge in [-0.05, 0) is 18.2 Å². The van der Waals surface area contributed by atoms with Gasteiger partial charge in [0.15, 0.2) is 10.1 Å². The van der Waals surface area contributed by atoms with Gasteiger partial charge >= 0.3 is 5.51 Å². The second kappa shape index (κ2) is 5.90. The molecule has 0 aliphatic heterocycles. The van der Waals surface area contributed by atoms with Gasteiger partial charge in [0.05, 0.1) is 0 Å². The van der Waals surface area contributed by atoms with Crippen LogP contribution in [0.1, 0.15) is 0 Å². The minimum Gasteiger partial charge on any atom is -0.741 e. The number of para-hydroxylation sites is 2. The Morgan fingerprint density at radius 1 is 0.864 bits per heavy atom. The van der Waals surface area contributed by atoms with Gasteiger partial charge in [-0.25, -0.2) is 13.4 Å². The predicted octanol–water partition coefficient (Wildman–Crippen LogP) is 2.86. The zero-order valence-electron chi connectivity index (χ0n) is 11.0. The minimum atomic E-state index is -6.09. The number of pyridine rings is 1. The van der Waals surface area contributed by atoms with E-state index in [9.17, 15) is 13.2 Å². The van der Waals surface area contributed by atoms with Gasteiger partial charge < -0.3 is 4.55 Å². The topological polar surface area (TPSA) is 71.3 Å². The van der Waals surface area contributed by atoms with Crippen molar-refractivity contribution in [2.75, 3.05) is 0 Å². The SMILES string of the molecule is O=S(=O)([O-])C(F)(F)F.c1ccc2[nH+]c3ccccc3cc2c1. The Bertz CT molecular complexity index is 803. The van der Waals surface area contributed by atoms with Gasteiger partial charge in [0, 0.05) is 22.9 Å². The van der Waals surface area contributed by atoms with E-state index in [1.165, 1.54) is 21.8 Å². The summed E-state index contributed by atoms with van der Waals surface area (Å²) in [5.74, 6) is 0. The van der Waals surface area contributed by atoms with E-state index in [1.54, 1.807) is 0 Å². The molecular weight excluding hydrogens is 319 g/mol. The zero-order chi connectivity index (χ0) is 16.4. The smallest absolute Gasteiger partial charge is 0.485 e. The Kier molecular flexibility index (Phi) is 4.34. The van der Waals surface area contributed by atoms with Crippen LogP contribution >= 0.6 is 0 Å². The third-order valence-corrected chi connectivity index (χ3v) is 3.35. The first-order chi connectivity index (χ1) is 10.2. The van der Waals surface area contributed by atoms with Crippen molar-refractivity contribution in [3.63, 3.8) is 0 Å². The van der Waals surface area contributed by atoms with E-state index in [2.05, 4.69) is 47.4 Å². The second-order valence-corrected chi connectivity index (χ2v) is 5.71. The maximum absolute atomic E-state index is 10.7. The number of rotatable bonds is 0. The summed E-state index contributed by atoms with van der Waals surface area (Å²) < 4.78 is 58.9. The predicted molar refractivity (Wildman–Crippen MR) is 73.8 cm³/mol. The third kappa shape index (κ3) is 3.71. The van der Waals surface area contributed by atoms with Crippen molar-refractivity contribution in [2.45, 2.75) is 5.51 Å². The van der Waals surface area contributed by atoms with Crippen molar-refractivity contribution in [1.82, 2.24) is 0 Å². The summed E-state index contributed by atoms with van der Waals surface area (Å²) in [7, 11) is -6.09. The number of hydrogen-bond donors (Lipinski definition) is 0. The lowest BCUT2D eigenvalue weighted by molar-refractivity contribution is -0.310. The summed E-state index contributed by atoms with van der Waals surface area (Å²) in [6.07, 6.45) is 0. The monoisotopic (exact) mass is 329 g/mol. The lowest BCUT2D eigenvalue weighted by Crippen LogP contribution is -2.21. The highest BCUT2D eigenvalue weighted by molar-refractivity contribution is 7.86. The molecule has 1 N–H and O–H groups in total. The average Bonchev–Trinajstić information content (AvgIpc) is 2.43. The molecule has 0 aliphatic rings. The number of halogens is 3. The van der Waals surface area contributed by atoms with E-state index < -0.39 is 15.6 Å². The van der Waals surface area contributed by atoms with Crippen molar-refractivity contribution in [3.8, 4) is 0 Å². The number of nitrogens with one attached hydrogen (secondary N) is 1. The molecule has 22 heavy (non-hydrogen) atoms. The van der Waals surface area contributed by atoms with Crippen LogP contribution in [0.2, 0.25) is 0 Å². The first-order valence-corrected chi connectivity index (χ1v) is 7.41. The molecule has 3 aromatic rings. The third-order valence-electron chi connectivity index (χ3n) is 2.79. The molecule has 0 amide bonds. The van der Waals surface area contributed by atoms with Gasteiger partial charge in [0.25, 0.3) is 0 Å². The van der Waals surface area contributed by atoms with Crippen LogP contribution in [0.15, 0.2) is 54.6 Å². The molecule has 0 bridgehead atoms. The van der Waals surface area contributed by atoms with Gasteiger partial charge in [-0.1, -0.05) is 24.3 Å². The number of benzene rings is 2. The van der Waals surface area contributed by atoms with Crippen molar-refractivity contribution in [2.24, 2.45) is 0 Å². The molecule has 4 nitrogen and oxygen atoms in total. The molecule has 0 atom stereocenters. The van der Waals surface area contributed by atoms with Gasteiger partial charge in [-0.15, -0.1) is 0 Å². The summed E-state index contributed by atoms with van der Waals surface area (Å²) in [4.78, 5) is 3.41. The first kappa shape index (κ1) is 16.2. The maximum atomic E-state index is 10.7. The lowest BCUT2D eigenvalue weighted by atomic mass is 10.1. The average molecular weight is 329 g/mol. The molecular formula is C14H10F3NO3S. The molecule has 0 radical (unpaired) electrons. The zero-order valence-corrected chi connectivity index (χ0v) is 11.8. The molecule has 1 heterocycles. The van der Waals surface area contributed by atoms with Crippen LogP contribution < -0.4 is 4.98 Å². The molecule has 0 spiro atoms. The van der Waals surface area contributed by atoms with Crippen LogP contribution in [-0.4, -0.2) is 18.5 Å². The van der Waals surface area contributed by atoms with Crippen molar-refractivity contribution >= 4 is 31.9 Å². The van der Waals surface area contributed by atoms with E-state index in [1.807, 2.05) is 12.1 Å². The van der Waals surface area contributed by atoms with Crippen molar-refractivity contribution in [1.29, 1.82) is 0 Å². The van der Waals surface area contributed by atoms with Gasteiger partial charge in [-0.2, -0.15) is 13.2 Å². The summed E-state index contributed by atoms with van der Waals surface area (Å²) in [6.45, 7) is 0. The normalized spacial score (nSPS) is 12.0. The van der Waals surface area contributed by atoms with Gasteiger partial charge in [-0.3, -0.25) is 0 Å². The number of aromatic nitrogens is 1. The highest BCUT2D eigenvalue weighted by atomic mass is 32.2. The molecule has 0 fully saturated rings. The van der Waals surface area contributed by atoms with E-state index in [0.717, 1.165) is 0 Å². The fourth-order valence-corrected chi connectivity index (χ4v) is 1.79. The van der Waals surface area contributed by atoms with Crippen LogP contribution in [0.5, 0.6) is 0 Å². The standard InChI is InChI=1S/C13H9N.CHF3O3S/c1-3-7-12-10(5-1)9-11-6-2-4-8-13(11)14-12;2-1(3,4)8(5,6)7/h1-9H;(H,5,6,7). The van der Waals surface area contributed by atoms with Crippen LogP contribution in [0.3, 0.4) is 0 Å². The minimum absolute atomic E-state index is 1.19. The molecule has 0 saturated heterocycles. The highest BCUT2D eigenvalue weighted by Gasteiger charge is 2.36. The first-order valence-electron chi connectivity index (χ1n) is 6.00. The number of alkyl halides is 3. The fourth-order valence-electron chi connectivity index (χ4n) is 1.79. The number of hydrogen-bond acceptors (Lipinski definition) is 3. The lowest BCUT2D eigenvalue weighted by Gasteiger charge is -2.08. The fraction of sp³-hybridized carbons (Fsp3) is 0.0714. The van der Waals surface area contributed by atoms with E-state index in [-0.39, 0.29) is 0 Å². The molecule has 116 valence electrons. The van der Waals surface area contributed by atoms with Crippen LogP contribution in [0.4, 0.5) is 13.2 Å².